The van der Waals surface area contributed by atoms with Gasteiger partial charge in [-0.15, -0.1) is 0 Å². The molecule has 3 aromatic rings. The monoisotopic (exact) mass is 463 g/mol. The van der Waals surface area contributed by atoms with Crippen LogP contribution >= 0.6 is 0 Å². The first-order chi connectivity index (χ1) is 16.7. The van der Waals surface area contributed by atoms with Crippen LogP contribution in [0, 0.1) is 6.92 Å². The van der Waals surface area contributed by atoms with Crippen LogP contribution < -0.4 is 0 Å². The van der Waals surface area contributed by atoms with Gasteiger partial charge in [-0.1, -0.05) is 44.2 Å². The lowest BCUT2D eigenvalue weighted by Gasteiger charge is -2.32. The number of benzene rings is 1. The molecule has 0 amide bonds. The summed E-state index contributed by atoms with van der Waals surface area (Å²) in [5.41, 5.74) is 4.25. The number of morpholine rings is 1. The van der Waals surface area contributed by atoms with Crippen molar-refractivity contribution in [3.8, 4) is 11.3 Å². The molecule has 7 nitrogen and oxygen atoms in total. The van der Waals surface area contributed by atoms with Gasteiger partial charge < -0.3 is 14.4 Å². The van der Waals surface area contributed by atoms with Crippen LogP contribution in [0.5, 0.6) is 0 Å². The molecule has 0 N–H and O–H groups in total. The summed E-state index contributed by atoms with van der Waals surface area (Å²) in [5, 5.41) is 9.82. The van der Waals surface area contributed by atoms with E-state index in [0.29, 0.717) is 0 Å². The van der Waals surface area contributed by atoms with Gasteiger partial charge in [0, 0.05) is 37.2 Å². The highest BCUT2D eigenvalue weighted by Gasteiger charge is 2.24. The summed E-state index contributed by atoms with van der Waals surface area (Å²) in [6, 6.07) is 14.6. The average Bonchev–Trinajstić information content (AvgIpc) is 3.66. The lowest BCUT2D eigenvalue weighted by Crippen LogP contribution is -2.37. The van der Waals surface area contributed by atoms with Crippen LogP contribution in [0.2, 0.25) is 0 Å². The molecular formula is C27H37N5O2. The molecule has 7 heteroatoms. The van der Waals surface area contributed by atoms with Crippen molar-refractivity contribution in [2.24, 2.45) is 0 Å². The van der Waals surface area contributed by atoms with Crippen LogP contribution in [0.25, 0.3) is 17.1 Å². The Labute approximate surface area is 203 Å². The second kappa shape index (κ2) is 11.5. The van der Waals surface area contributed by atoms with E-state index in [1.165, 1.54) is 0 Å². The molecular weight excluding hydrogens is 426 g/mol. The molecule has 2 saturated heterocycles. The number of aryl methyl sites for hydroxylation is 1. The number of nitrogens with zero attached hydrogens (tertiary/aromatic N) is 5. The predicted octanol–water partition coefficient (Wildman–Crippen LogP) is 5.32. The molecule has 2 aliphatic rings. The summed E-state index contributed by atoms with van der Waals surface area (Å²) in [6.07, 6.45) is 6.56. The maximum atomic E-state index is 5.88. The van der Waals surface area contributed by atoms with Gasteiger partial charge in [-0.05, 0) is 44.9 Å². The average molecular weight is 464 g/mol. The van der Waals surface area contributed by atoms with Crippen molar-refractivity contribution >= 4 is 5.82 Å². The molecule has 0 saturated carbocycles. The quantitative estimate of drug-likeness (QED) is 0.495. The number of allylic oxidation sites excluding steroid dienone is 1. The number of aromatic nitrogens is 4. The normalized spacial score (nSPS) is 19.6. The van der Waals surface area contributed by atoms with Gasteiger partial charge in [0.25, 0.3) is 0 Å². The Bertz CT molecular complexity index is 1060. The Kier molecular flexibility index (Phi) is 8.19. The van der Waals surface area contributed by atoms with Crippen LogP contribution in [-0.2, 0) is 9.47 Å². The number of hydrogen-bond donors (Lipinski definition) is 0. The zero-order chi connectivity index (χ0) is 23.9. The van der Waals surface area contributed by atoms with Gasteiger partial charge in [0.05, 0.1) is 30.6 Å². The summed E-state index contributed by atoms with van der Waals surface area (Å²) in [6.45, 7) is 12.3. The second-order valence-electron chi connectivity index (χ2n) is 8.54. The van der Waals surface area contributed by atoms with Crippen LogP contribution in [0.3, 0.4) is 0 Å². The molecule has 2 unspecified atom stereocenters. The predicted molar refractivity (Wildman–Crippen MR) is 135 cm³/mol. The van der Waals surface area contributed by atoms with Gasteiger partial charge in [0.15, 0.2) is 0 Å². The van der Waals surface area contributed by atoms with E-state index in [2.05, 4.69) is 53.8 Å². The van der Waals surface area contributed by atoms with E-state index in [1.54, 1.807) is 0 Å². The van der Waals surface area contributed by atoms with Crippen molar-refractivity contribution in [1.29, 1.82) is 0 Å². The lowest BCUT2D eigenvalue weighted by atomic mass is 10.2. The maximum absolute atomic E-state index is 5.88. The molecule has 0 spiro atoms. The van der Waals surface area contributed by atoms with E-state index in [0.717, 1.165) is 74.2 Å². The highest BCUT2D eigenvalue weighted by molar-refractivity contribution is 5.58. The number of hydrogen-bond acceptors (Lipinski definition) is 5. The molecule has 0 aliphatic carbocycles. The largest absolute Gasteiger partial charge is 0.378 e. The third-order valence-corrected chi connectivity index (χ3v) is 6.20. The standard InChI is InChI=1S/C25H31N5O2.C2H6/c1-19(29-11-10-22(26-29)21-7-4-3-5-8-21)18-25(28-12-15-31-16-13-28)30-20(2)17-23(27-30)24-9-6-14-32-24;1-2/h3-5,7-8,10-11,17-19,24H,6,9,12-16H2,1-2H3;1-2H3/b25-18-;. The molecule has 0 bridgehead atoms. The minimum absolute atomic E-state index is 0.0695. The Morgan fingerprint density at radius 3 is 2.53 bits per heavy atom. The zero-order valence-corrected chi connectivity index (χ0v) is 20.9. The van der Waals surface area contributed by atoms with Gasteiger partial charge >= 0.3 is 0 Å². The molecule has 4 heterocycles. The van der Waals surface area contributed by atoms with Crippen molar-refractivity contribution in [2.75, 3.05) is 32.9 Å². The van der Waals surface area contributed by atoms with Gasteiger partial charge in [-0.3, -0.25) is 4.68 Å². The number of ether oxygens (including phenoxy) is 2. The molecule has 2 fully saturated rings. The fraction of sp³-hybridized carbons (Fsp3) is 0.481. The van der Waals surface area contributed by atoms with Crippen LogP contribution in [0.15, 0.2) is 54.7 Å². The molecule has 34 heavy (non-hydrogen) atoms. The van der Waals surface area contributed by atoms with E-state index >= 15 is 0 Å². The topological polar surface area (TPSA) is 57.3 Å². The lowest BCUT2D eigenvalue weighted by molar-refractivity contribution is 0.0607. The second-order valence-corrected chi connectivity index (χ2v) is 8.54. The molecule has 5 rings (SSSR count). The fourth-order valence-corrected chi connectivity index (χ4v) is 4.42. The Morgan fingerprint density at radius 1 is 1.06 bits per heavy atom. The van der Waals surface area contributed by atoms with Crippen molar-refractivity contribution < 1.29 is 9.47 Å². The Morgan fingerprint density at radius 2 is 1.82 bits per heavy atom. The first kappa shape index (κ1) is 24.2. The molecule has 2 atom stereocenters. The van der Waals surface area contributed by atoms with Crippen LogP contribution in [-0.4, -0.2) is 57.4 Å². The van der Waals surface area contributed by atoms with Gasteiger partial charge in [0.1, 0.15) is 11.9 Å². The van der Waals surface area contributed by atoms with Gasteiger partial charge in [-0.25, -0.2) is 4.68 Å². The van der Waals surface area contributed by atoms with E-state index in [9.17, 15) is 0 Å². The maximum Gasteiger partial charge on any atom is 0.128 e. The summed E-state index contributed by atoms with van der Waals surface area (Å²) < 4.78 is 15.6. The Balaban J connectivity index is 0.00000133. The molecule has 182 valence electrons. The summed E-state index contributed by atoms with van der Waals surface area (Å²) in [7, 11) is 0. The Hall–Kier alpha value is -2.90. The molecule has 1 aromatic carbocycles. The third kappa shape index (κ3) is 5.42. The first-order valence-corrected chi connectivity index (χ1v) is 12.5. The van der Waals surface area contributed by atoms with E-state index in [4.69, 9.17) is 19.7 Å². The van der Waals surface area contributed by atoms with Crippen molar-refractivity contribution in [1.82, 2.24) is 24.5 Å². The number of rotatable bonds is 6. The fourth-order valence-electron chi connectivity index (χ4n) is 4.42. The van der Waals surface area contributed by atoms with E-state index in [-0.39, 0.29) is 12.1 Å². The summed E-state index contributed by atoms with van der Waals surface area (Å²) in [5.74, 6) is 1.08. The molecule has 0 radical (unpaired) electrons. The highest BCUT2D eigenvalue weighted by atomic mass is 16.5. The van der Waals surface area contributed by atoms with Crippen molar-refractivity contribution in [3.05, 3.63) is 66.1 Å². The van der Waals surface area contributed by atoms with Crippen LogP contribution in [0.1, 0.15) is 57.1 Å². The van der Waals surface area contributed by atoms with E-state index in [1.807, 2.05) is 42.9 Å². The van der Waals surface area contributed by atoms with Crippen molar-refractivity contribution in [3.63, 3.8) is 0 Å². The molecule has 2 aliphatic heterocycles. The zero-order valence-electron chi connectivity index (χ0n) is 20.9. The third-order valence-electron chi connectivity index (χ3n) is 6.20. The highest BCUT2D eigenvalue weighted by Crippen LogP contribution is 2.30. The SMILES string of the molecule is CC.Cc1cc(C2CCCO2)nn1/C(=C\C(C)n1ccc(-c2ccccc2)n1)N1CCOCC1. The minimum Gasteiger partial charge on any atom is -0.378 e. The van der Waals surface area contributed by atoms with Gasteiger partial charge in [0.2, 0.25) is 0 Å². The summed E-state index contributed by atoms with van der Waals surface area (Å²) >= 11 is 0. The minimum atomic E-state index is 0.0695. The molecule has 2 aromatic heterocycles. The van der Waals surface area contributed by atoms with E-state index < -0.39 is 0 Å². The van der Waals surface area contributed by atoms with Crippen LogP contribution in [0.4, 0.5) is 0 Å². The smallest absolute Gasteiger partial charge is 0.128 e. The van der Waals surface area contributed by atoms with Crippen molar-refractivity contribution in [2.45, 2.75) is 52.7 Å². The summed E-state index contributed by atoms with van der Waals surface area (Å²) in [4.78, 5) is 2.36. The van der Waals surface area contributed by atoms with Gasteiger partial charge in [-0.2, -0.15) is 10.2 Å². The first-order valence-electron chi connectivity index (χ1n) is 12.5.